The lowest BCUT2D eigenvalue weighted by molar-refractivity contribution is -0.870. The zero-order chi connectivity index (χ0) is 50.8. The molecule has 0 bridgehead atoms. The summed E-state index contributed by atoms with van der Waals surface area (Å²) in [5, 5.41) is 24.6. The Bertz CT molecular complexity index is 1640. The average molecular weight is 977 g/mol. The SMILES string of the molecule is CC/C=C\C/C=C\C/C=C\C/C=C\C/C=C\C/C=C\C/C=C\C/C=C\C/C=C\C/C=C\CCCCC(=O)NC(COP(=O)([O-])OCC[N+](C)(C)C)C(O)C(O)CCC/C=C/CC/C=C/CCCCC. The van der Waals surface area contributed by atoms with Crippen LogP contribution in [0.1, 0.15) is 162 Å². The number of nitrogens with one attached hydrogen (secondary N) is 1. The smallest absolute Gasteiger partial charge is 0.268 e. The van der Waals surface area contributed by atoms with Crippen molar-refractivity contribution >= 4 is 13.7 Å². The van der Waals surface area contributed by atoms with E-state index in [2.05, 4.69) is 165 Å². The summed E-state index contributed by atoms with van der Waals surface area (Å²) in [5.41, 5.74) is 0. The Labute approximate surface area is 421 Å². The zero-order valence-corrected chi connectivity index (χ0v) is 44.7. The minimum Gasteiger partial charge on any atom is -0.756 e. The van der Waals surface area contributed by atoms with Crippen molar-refractivity contribution in [2.45, 2.75) is 180 Å². The Morgan fingerprint density at radius 1 is 0.536 bits per heavy atom. The molecule has 69 heavy (non-hydrogen) atoms. The van der Waals surface area contributed by atoms with Gasteiger partial charge in [0.05, 0.1) is 39.9 Å². The molecule has 4 atom stereocenters. The Balaban J connectivity index is 4.43. The number of phosphoric ester groups is 1. The van der Waals surface area contributed by atoms with Crippen molar-refractivity contribution in [2.24, 2.45) is 0 Å². The van der Waals surface area contributed by atoms with E-state index in [9.17, 15) is 24.5 Å². The van der Waals surface area contributed by atoms with Crippen LogP contribution in [-0.2, 0) is 18.4 Å². The number of hydrogen-bond donors (Lipinski definition) is 3. The van der Waals surface area contributed by atoms with Crippen LogP contribution in [0.4, 0.5) is 0 Å². The van der Waals surface area contributed by atoms with Crippen LogP contribution in [0.5, 0.6) is 0 Å². The van der Waals surface area contributed by atoms with E-state index < -0.39 is 32.7 Å². The fraction of sp³-hybridized carbons (Fsp3) is 0.576. The van der Waals surface area contributed by atoms with Crippen LogP contribution in [0.25, 0.3) is 0 Å². The van der Waals surface area contributed by atoms with Crippen LogP contribution in [0, 0.1) is 0 Å². The van der Waals surface area contributed by atoms with Gasteiger partial charge in [0.1, 0.15) is 19.3 Å². The quantitative estimate of drug-likeness (QED) is 0.0240. The van der Waals surface area contributed by atoms with Crippen molar-refractivity contribution in [3.05, 3.63) is 146 Å². The number of aliphatic hydroxyl groups excluding tert-OH is 2. The number of amides is 1. The van der Waals surface area contributed by atoms with Gasteiger partial charge in [-0.1, -0.05) is 173 Å². The summed E-state index contributed by atoms with van der Waals surface area (Å²) in [4.78, 5) is 25.4. The van der Waals surface area contributed by atoms with E-state index in [0.29, 0.717) is 23.9 Å². The first kappa shape index (κ1) is 65.3. The minimum atomic E-state index is -4.70. The van der Waals surface area contributed by atoms with Crippen molar-refractivity contribution in [3.63, 3.8) is 0 Å². The first-order valence-electron chi connectivity index (χ1n) is 26.3. The number of carbonyl (C=O) groups is 1. The molecule has 0 aliphatic heterocycles. The maximum Gasteiger partial charge on any atom is 0.268 e. The number of phosphoric acid groups is 1. The molecule has 390 valence electrons. The lowest BCUT2D eigenvalue weighted by Gasteiger charge is -2.31. The minimum absolute atomic E-state index is 0.0664. The Morgan fingerprint density at radius 2 is 0.913 bits per heavy atom. The highest BCUT2D eigenvalue weighted by Gasteiger charge is 2.29. The van der Waals surface area contributed by atoms with Gasteiger partial charge in [0.15, 0.2) is 0 Å². The van der Waals surface area contributed by atoms with Gasteiger partial charge in [0.2, 0.25) is 5.91 Å². The molecule has 0 aromatic carbocycles. The number of likely N-dealkylation sites (N-methyl/N-ethyl adjacent to an activating group) is 1. The standard InChI is InChI=1S/C59H97N2O7P/c1-6-8-10-12-14-16-18-20-21-22-23-24-25-26-27-28-29-30-31-32-33-34-35-36-37-38-39-40-42-44-46-48-50-52-58(63)60-56(55-68-69(65,66)67-54-53-61(3,4)5)59(64)57(62)51-49-47-45-43-41-19-17-15-13-11-9-7-2/h8,10,14-17,20-21,23-24,26-27,29-30,32-33,35-36,38-39,42-45,56-57,59,62,64H,6-7,9,11-13,18-19,22,25,28,31,34,37,40-41,46-55H2,1-5H3,(H-,60,63,65,66)/b10-8-,16-14-,17-15+,21-20-,24-23-,27-26-,30-29-,33-32-,36-35-,39-38-,44-42-,45-43+. The van der Waals surface area contributed by atoms with Gasteiger partial charge in [-0.05, 0) is 128 Å². The second kappa shape index (κ2) is 48.0. The van der Waals surface area contributed by atoms with Crippen molar-refractivity contribution in [1.29, 1.82) is 0 Å². The van der Waals surface area contributed by atoms with Gasteiger partial charge in [-0.25, -0.2) is 0 Å². The van der Waals surface area contributed by atoms with E-state index in [-0.39, 0.29) is 25.4 Å². The molecule has 3 N–H and O–H groups in total. The van der Waals surface area contributed by atoms with Crippen LogP contribution < -0.4 is 10.2 Å². The van der Waals surface area contributed by atoms with Crippen molar-refractivity contribution in [3.8, 4) is 0 Å². The first-order chi connectivity index (χ1) is 33.4. The molecule has 0 saturated heterocycles. The normalized spacial score (nSPS) is 15.7. The average Bonchev–Trinajstić information content (AvgIpc) is 3.31. The van der Waals surface area contributed by atoms with E-state index in [4.69, 9.17) is 9.05 Å². The number of rotatable bonds is 45. The monoisotopic (exact) mass is 977 g/mol. The summed E-state index contributed by atoms with van der Waals surface area (Å²) >= 11 is 0. The highest BCUT2D eigenvalue weighted by atomic mass is 31.2. The molecule has 0 fully saturated rings. The molecule has 0 aromatic heterocycles. The molecule has 4 unspecified atom stereocenters. The molecular weight excluding hydrogens is 880 g/mol. The summed E-state index contributed by atoms with van der Waals surface area (Å²) < 4.78 is 23.1. The predicted octanol–water partition coefficient (Wildman–Crippen LogP) is 14.1. The molecule has 0 aliphatic rings. The van der Waals surface area contributed by atoms with Gasteiger partial charge >= 0.3 is 0 Å². The summed E-state index contributed by atoms with van der Waals surface area (Å²) in [6.45, 7) is 4.19. The Morgan fingerprint density at radius 3 is 1.33 bits per heavy atom. The molecule has 0 heterocycles. The van der Waals surface area contributed by atoms with E-state index in [1.54, 1.807) is 0 Å². The number of carbonyl (C=O) groups excluding carboxylic acids is 1. The van der Waals surface area contributed by atoms with E-state index in [1.807, 2.05) is 21.1 Å². The third kappa shape index (κ3) is 49.1. The lowest BCUT2D eigenvalue weighted by Crippen LogP contribution is -2.51. The molecule has 0 spiro atoms. The predicted molar refractivity (Wildman–Crippen MR) is 294 cm³/mol. The van der Waals surface area contributed by atoms with Crippen LogP contribution in [0.15, 0.2) is 146 Å². The molecular formula is C59H97N2O7P. The van der Waals surface area contributed by atoms with Crippen molar-refractivity contribution in [1.82, 2.24) is 5.32 Å². The maximum atomic E-state index is 12.9. The summed E-state index contributed by atoms with van der Waals surface area (Å²) in [6, 6.07) is -1.13. The van der Waals surface area contributed by atoms with Gasteiger partial charge in [-0.3, -0.25) is 9.36 Å². The molecule has 10 heteroatoms. The molecule has 0 saturated carbocycles. The van der Waals surface area contributed by atoms with Crippen LogP contribution >= 0.6 is 7.82 Å². The Kier molecular flexibility index (Phi) is 45.4. The van der Waals surface area contributed by atoms with Gasteiger partial charge in [-0.2, -0.15) is 0 Å². The van der Waals surface area contributed by atoms with Gasteiger partial charge in [0, 0.05) is 6.42 Å². The summed E-state index contributed by atoms with van der Waals surface area (Å²) in [7, 11) is 1.04. The largest absolute Gasteiger partial charge is 0.756 e. The van der Waals surface area contributed by atoms with Crippen molar-refractivity contribution < 1.29 is 38.0 Å². The number of aliphatic hydroxyl groups is 2. The van der Waals surface area contributed by atoms with E-state index >= 15 is 0 Å². The fourth-order valence-corrected chi connectivity index (χ4v) is 7.19. The third-order valence-electron chi connectivity index (χ3n) is 10.6. The number of hydrogen-bond acceptors (Lipinski definition) is 7. The van der Waals surface area contributed by atoms with Crippen LogP contribution in [-0.4, -0.2) is 79.8 Å². The molecule has 9 nitrogen and oxygen atoms in total. The lowest BCUT2D eigenvalue weighted by atomic mass is 10.0. The zero-order valence-electron chi connectivity index (χ0n) is 43.8. The van der Waals surface area contributed by atoms with E-state index in [1.165, 1.54) is 19.3 Å². The summed E-state index contributed by atoms with van der Waals surface area (Å²) in [6.07, 6.45) is 70.6. The van der Waals surface area contributed by atoms with Gasteiger partial charge in [-0.15, -0.1) is 0 Å². The molecule has 0 aromatic rings. The number of nitrogens with zero attached hydrogens (tertiary/aromatic N) is 1. The maximum absolute atomic E-state index is 12.9. The highest BCUT2D eigenvalue weighted by molar-refractivity contribution is 7.45. The molecule has 0 radical (unpaired) electrons. The van der Waals surface area contributed by atoms with Gasteiger partial charge < -0.3 is 34.0 Å². The van der Waals surface area contributed by atoms with Gasteiger partial charge in [0.25, 0.3) is 7.82 Å². The highest BCUT2D eigenvalue weighted by Crippen LogP contribution is 2.38. The second-order valence-electron chi connectivity index (χ2n) is 18.3. The van der Waals surface area contributed by atoms with Crippen molar-refractivity contribution in [2.75, 3.05) is 40.9 Å². The first-order valence-corrected chi connectivity index (χ1v) is 27.7. The topological polar surface area (TPSA) is 128 Å². The second-order valence-corrected chi connectivity index (χ2v) is 19.7. The van der Waals surface area contributed by atoms with Crippen LogP contribution in [0.2, 0.25) is 0 Å². The fourth-order valence-electron chi connectivity index (χ4n) is 6.47. The summed E-state index contributed by atoms with van der Waals surface area (Å²) in [5.74, 6) is -0.343. The number of quaternary nitrogens is 1. The molecule has 1 amide bonds. The number of unbranched alkanes of at least 4 members (excludes halogenated alkanes) is 7. The third-order valence-corrected chi connectivity index (χ3v) is 11.6. The molecule has 0 rings (SSSR count). The van der Waals surface area contributed by atoms with E-state index in [0.717, 1.165) is 103 Å². The number of allylic oxidation sites excluding steroid dienone is 24. The van der Waals surface area contributed by atoms with Crippen LogP contribution in [0.3, 0.4) is 0 Å². The molecule has 0 aliphatic carbocycles. The Hall–Kier alpha value is -3.66.